The Labute approximate surface area is 204 Å². The maximum atomic E-state index is 12.7. The van der Waals surface area contributed by atoms with Crippen LogP contribution in [0.3, 0.4) is 0 Å². The van der Waals surface area contributed by atoms with Gasteiger partial charge in [0.25, 0.3) is 11.9 Å². The first kappa shape index (κ1) is 23.7. The van der Waals surface area contributed by atoms with E-state index in [1.165, 1.54) is 27.3 Å². The van der Waals surface area contributed by atoms with E-state index >= 15 is 0 Å². The Morgan fingerprint density at radius 3 is 2.76 bits per heavy atom. The van der Waals surface area contributed by atoms with Crippen LogP contribution in [0.1, 0.15) is 48.2 Å². The summed E-state index contributed by atoms with van der Waals surface area (Å²) in [4.78, 5) is 40.2. The van der Waals surface area contributed by atoms with Crippen molar-refractivity contribution in [3.63, 3.8) is 0 Å². The minimum absolute atomic E-state index is 0.244. The van der Waals surface area contributed by atoms with Gasteiger partial charge in [0.1, 0.15) is 0 Å². The first-order valence-corrected chi connectivity index (χ1v) is 12.4. The Kier molecular flexibility index (Phi) is 7.13. The van der Waals surface area contributed by atoms with Crippen LogP contribution >= 0.6 is 22.7 Å². The molecular formula is C23H24N6O3S2. The number of ether oxygens (including phenoxy) is 1. The monoisotopic (exact) mass is 496 g/mol. The predicted octanol–water partition coefficient (Wildman–Crippen LogP) is 3.92. The van der Waals surface area contributed by atoms with Crippen LogP contribution in [0.5, 0.6) is 0 Å². The molecule has 0 aliphatic heterocycles. The van der Waals surface area contributed by atoms with Gasteiger partial charge >= 0.3 is 5.97 Å². The number of rotatable bonds is 8. The van der Waals surface area contributed by atoms with Crippen LogP contribution in [0, 0.1) is 20.8 Å². The number of hydrogen-bond donors (Lipinski definition) is 1. The molecule has 34 heavy (non-hydrogen) atoms. The van der Waals surface area contributed by atoms with Gasteiger partial charge in [-0.05, 0) is 39.8 Å². The molecule has 0 spiro atoms. The Bertz CT molecular complexity index is 1340. The molecule has 0 bridgehead atoms. The summed E-state index contributed by atoms with van der Waals surface area (Å²) in [6, 6.07) is 3.98. The summed E-state index contributed by atoms with van der Waals surface area (Å²) in [5.41, 5.74) is 3.27. The second kappa shape index (κ2) is 10.2. The van der Waals surface area contributed by atoms with E-state index in [0.717, 1.165) is 16.3 Å². The number of esters is 1. The van der Waals surface area contributed by atoms with Crippen LogP contribution in [-0.4, -0.2) is 49.8 Å². The van der Waals surface area contributed by atoms with E-state index in [2.05, 4.69) is 45.3 Å². The van der Waals surface area contributed by atoms with Crippen LogP contribution in [0.2, 0.25) is 0 Å². The lowest BCUT2D eigenvalue weighted by molar-refractivity contribution is 0.0520. The minimum atomic E-state index is -0.437. The standard InChI is InChI=1S/C23H24N6O3S2/c1-5-32-22(31)19-12-33-20(27-19)7-9-24-21(30)17-11-26-29(14(17)3)23-25-8-6-18(28-23)16-10-13(2)34-15(16)4/h6,8,10-12H,5,7,9H2,1-4H3,(H,24,30). The molecule has 0 unspecified atom stereocenters. The zero-order valence-corrected chi connectivity index (χ0v) is 20.9. The van der Waals surface area contributed by atoms with E-state index < -0.39 is 5.97 Å². The van der Waals surface area contributed by atoms with E-state index in [1.807, 2.05) is 13.0 Å². The number of carbonyl (C=O) groups is 2. The molecule has 0 saturated heterocycles. The van der Waals surface area contributed by atoms with Crippen molar-refractivity contribution in [2.75, 3.05) is 13.2 Å². The summed E-state index contributed by atoms with van der Waals surface area (Å²) in [6.07, 6.45) is 3.72. The van der Waals surface area contributed by atoms with E-state index in [0.29, 0.717) is 42.5 Å². The first-order chi connectivity index (χ1) is 16.4. The Morgan fingerprint density at radius 2 is 2.03 bits per heavy atom. The van der Waals surface area contributed by atoms with Gasteiger partial charge in [0.15, 0.2) is 5.69 Å². The van der Waals surface area contributed by atoms with Crippen molar-refractivity contribution in [2.45, 2.75) is 34.1 Å². The zero-order chi connectivity index (χ0) is 24.2. The number of nitrogens with one attached hydrogen (secondary N) is 1. The van der Waals surface area contributed by atoms with Gasteiger partial charge in [-0.25, -0.2) is 24.4 Å². The second-order valence-corrected chi connectivity index (χ2v) is 9.88. The Hall–Kier alpha value is -3.44. The lowest BCUT2D eigenvalue weighted by Crippen LogP contribution is -2.26. The summed E-state index contributed by atoms with van der Waals surface area (Å²) >= 11 is 3.09. The van der Waals surface area contributed by atoms with Crippen LogP contribution < -0.4 is 5.32 Å². The third-order valence-electron chi connectivity index (χ3n) is 5.06. The average molecular weight is 497 g/mol. The molecule has 4 rings (SSSR count). The molecule has 0 aliphatic rings. The summed E-state index contributed by atoms with van der Waals surface area (Å²) in [5, 5.41) is 9.64. The molecule has 0 aliphatic carbocycles. The number of aryl methyl sites for hydroxylation is 2. The van der Waals surface area contributed by atoms with Gasteiger partial charge in [-0.2, -0.15) is 5.10 Å². The highest BCUT2D eigenvalue weighted by molar-refractivity contribution is 7.12. The predicted molar refractivity (Wildman–Crippen MR) is 131 cm³/mol. The number of hydrogen-bond acceptors (Lipinski definition) is 9. The van der Waals surface area contributed by atoms with E-state index in [9.17, 15) is 9.59 Å². The molecule has 4 aromatic rings. The second-order valence-electron chi connectivity index (χ2n) is 7.48. The highest BCUT2D eigenvalue weighted by Gasteiger charge is 2.18. The first-order valence-electron chi connectivity index (χ1n) is 10.7. The summed E-state index contributed by atoms with van der Waals surface area (Å²) in [6.45, 7) is 8.38. The highest BCUT2D eigenvalue weighted by atomic mass is 32.1. The Morgan fingerprint density at radius 1 is 1.21 bits per heavy atom. The lowest BCUT2D eigenvalue weighted by atomic mass is 10.2. The third kappa shape index (κ3) is 5.05. The highest BCUT2D eigenvalue weighted by Crippen LogP contribution is 2.29. The largest absolute Gasteiger partial charge is 0.461 e. The summed E-state index contributed by atoms with van der Waals surface area (Å²) in [7, 11) is 0. The maximum absolute atomic E-state index is 12.7. The van der Waals surface area contributed by atoms with Crippen LogP contribution in [-0.2, 0) is 11.2 Å². The summed E-state index contributed by atoms with van der Waals surface area (Å²) in [5.74, 6) is -0.273. The maximum Gasteiger partial charge on any atom is 0.357 e. The number of amides is 1. The molecule has 0 saturated carbocycles. The summed E-state index contributed by atoms with van der Waals surface area (Å²) < 4.78 is 6.52. The van der Waals surface area contributed by atoms with Crippen molar-refractivity contribution in [1.82, 2.24) is 30.0 Å². The fourth-order valence-corrected chi connectivity index (χ4v) is 5.12. The molecule has 9 nitrogen and oxygen atoms in total. The molecule has 0 fully saturated rings. The lowest BCUT2D eigenvalue weighted by Gasteiger charge is -2.06. The smallest absolute Gasteiger partial charge is 0.357 e. The van der Waals surface area contributed by atoms with Gasteiger partial charge in [-0.1, -0.05) is 0 Å². The van der Waals surface area contributed by atoms with E-state index in [4.69, 9.17) is 4.74 Å². The van der Waals surface area contributed by atoms with Gasteiger partial charge in [0.2, 0.25) is 0 Å². The molecule has 1 amide bonds. The van der Waals surface area contributed by atoms with Crippen molar-refractivity contribution < 1.29 is 14.3 Å². The van der Waals surface area contributed by atoms with Gasteiger partial charge < -0.3 is 10.1 Å². The molecule has 4 aromatic heterocycles. The van der Waals surface area contributed by atoms with Crippen molar-refractivity contribution in [2.24, 2.45) is 0 Å². The minimum Gasteiger partial charge on any atom is -0.461 e. The molecule has 0 radical (unpaired) electrons. The van der Waals surface area contributed by atoms with Crippen LogP contribution in [0.4, 0.5) is 0 Å². The number of thiazole rings is 1. The van der Waals surface area contributed by atoms with Gasteiger partial charge in [0.05, 0.1) is 34.8 Å². The van der Waals surface area contributed by atoms with Crippen molar-refractivity contribution in [3.8, 4) is 17.2 Å². The molecule has 0 aromatic carbocycles. The van der Waals surface area contributed by atoms with Gasteiger partial charge in [0, 0.05) is 39.9 Å². The van der Waals surface area contributed by atoms with Gasteiger partial charge in [-0.3, -0.25) is 4.79 Å². The molecule has 1 N–H and O–H groups in total. The normalized spacial score (nSPS) is 10.9. The SMILES string of the molecule is CCOC(=O)c1csc(CCNC(=O)c2cnn(-c3nccc(-c4cc(C)sc4C)n3)c2C)n1. The number of carbonyl (C=O) groups excluding carboxylic acids is 2. The third-order valence-corrected chi connectivity index (χ3v) is 6.94. The fraction of sp³-hybridized carbons (Fsp3) is 0.304. The molecule has 11 heteroatoms. The van der Waals surface area contributed by atoms with Gasteiger partial charge in [-0.15, -0.1) is 22.7 Å². The molecular weight excluding hydrogens is 472 g/mol. The quantitative estimate of drug-likeness (QED) is 0.368. The topological polar surface area (TPSA) is 112 Å². The van der Waals surface area contributed by atoms with Crippen molar-refractivity contribution in [3.05, 3.63) is 61.6 Å². The fourth-order valence-electron chi connectivity index (χ4n) is 3.42. The molecule has 4 heterocycles. The number of aromatic nitrogens is 5. The van der Waals surface area contributed by atoms with Crippen LogP contribution in [0.25, 0.3) is 17.2 Å². The molecule has 0 atom stereocenters. The molecule has 176 valence electrons. The van der Waals surface area contributed by atoms with E-state index in [-0.39, 0.29) is 5.91 Å². The van der Waals surface area contributed by atoms with Crippen molar-refractivity contribution in [1.29, 1.82) is 0 Å². The van der Waals surface area contributed by atoms with E-state index in [1.54, 1.807) is 34.5 Å². The number of thiophene rings is 1. The van der Waals surface area contributed by atoms with Crippen molar-refractivity contribution >= 4 is 34.6 Å². The number of nitrogens with zero attached hydrogens (tertiary/aromatic N) is 5. The van der Waals surface area contributed by atoms with Crippen LogP contribution in [0.15, 0.2) is 29.9 Å². The average Bonchev–Trinajstić information content (AvgIpc) is 3.52. The Balaban J connectivity index is 1.42. The zero-order valence-electron chi connectivity index (χ0n) is 19.3.